The third-order valence-electron chi connectivity index (χ3n) is 3.22. The normalized spacial score (nSPS) is 10.9. The lowest BCUT2D eigenvalue weighted by Crippen LogP contribution is -2.01. The Labute approximate surface area is 110 Å². The van der Waals surface area contributed by atoms with E-state index in [4.69, 9.17) is 21.4 Å². The Kier molecular flexibility index (Phi) is 3.22. The van der Waals surface area contributed by atoms with Crippen LogP contribution >= 0.6 is 11.6 Å². The average Bonchev–Trinajstić information content (AvgIpc) is 2.53. The molecule has 0 fully saturated rings. The first-order valence-electron chi connectivity index (χ1n) is 5.49. The minimum Gasteiger partial charge on any atom is -0.495 e. The molecule has 0 bridgehead atoms. The fourth-order valence-corrected chi connectivity index (χ4v) is 2.41. The van der Waals surface area contributed by atoms with Crippen molar-refractivity contribution >= 4 is 28.5 Å². The average molecular weight is 268 g/mol. The van der Waals surface area contributed by atoms with Crippen LogP contribution in [0.1, 0.15) is 11.3 Å². The van der Waals surface area contributed by atoms with Crippen molar-refractivity contribution in [1.82, 2.24) is 4.57 Å². The highest BCUT2D eigenvalue weighted by Gasteiger charge is 2.16. The van der Waals surface area contributed by atoms with Crippen molar-refractivity contribution in [2.75, 3.05) is 7.11 Å². The van der Waals surface area contributed by atoms with Gasteiger partial charge in [0.1, 0.15) is 5.75 Å². The van der Waals surface area contributed by atoms with Gasteiger partial charge in [0.05, 0.1) is 24.1 Å². The number of hydrogen-bond donors (Lipinski definition) is 1. The summed E-state index contributed by atoms with van der Waals surface area (Å²) in [7, 11) is 3.44. The van der Waals surface area contributed by atoms with Gasteiger partial charge >= 0.3 is 5.97 Å². The lowest BCUT2D eigenvalue weighted by atomic mass is 10.1. The third-order valence-corrected chi connectivity index (χ3v) is 3.52. The summed E-state index contributed by atoms with van der Waals surface area (Å²) >= 11 is 6.09. The maximum atomic E-state index is 10.9. The molecule has 0 aliphatic heterocycles. The summed E-state index contributed by atoms with van der Waals surface area (Å²) < 4.78 is 7.12. The number of fused-ring (bicyclic) bond motifs is 1. The number of halogens is 1. The molecule has 18 heavy (non-hydrogen) atoms. The molecular formula is C13H14ClNO3. The molecule has 96 valence electrons. The van der Waals surface area contributed by atoms with E-state index in [1.165, 1.54) is 0 Å². The molecule has 0 saturated carbocycles. The van der Waals surface area contributed by atoms with Crippen LogP contribution in [0.2, 0.25) is 5.02 Å². The summed E-state index contributed by atoms with van der Waals surface area (Å²) in [5, 5.41) is 10.4. The Morgan fingerprint density at radius 2 is 2.17 bits per heavy atom. The van der Waals surface area contributed by atoms with E-state index in [0.717, 1.165) is 22.2 Å². The maximum absolute atomic E-state index is 10.9. The fraction of sp³-hybridized carbons (Fsp3) is 0.308. The Morgan fingerprint density at radius 3 is 2.72 bits per heavy atom. The number of methoxy groups -OCH3 is 1. The molecule has 0 atom stereocenters. The van der Waals surface area contributed by atoms with Crippen molar-refractivity contribution in [2.45, 2.75) is 13.3 Å². The first-order chi connectivity index (χ1) is 8.45. The molecule has 2 aromatic rings. The Balaban J connectivity index is 2.77. The number of carboxylic acid groups (broad SMARTS) is 1. The van der Waals surface area contributed by atoms with E-state index < -0.39 is 5.97 Å². The number of hydrogen-bond acceptors (Lipinski definition) is 2. The highest BCUT2D eigenvalue weighted by molar-refractivity contribution is 6.32. The first-order valence-corrected chi connectivity index (χ1v) is 5.86. The summed E-state index contributed by atoms with van der Waals surface area (Å²) in [6, 6.07) is 3.59. The lowest BCUT2D eigenvalue weighted by molar-refractivity contribution is -0.136. The SMILES string of the molecule is COc1cc2c(CC(=O)O)c(C)n(C)c2cc1Cl. The van der Waals surface area contributed by atoms with Gasteiger partial charge in [-0.2, -0.15) is 0 Å². The Morgan fingerprint density at radius 1 is 1.50 bits per heavy atom. The van der Waals surface area contributed by atoms with Gasteiger partial charge in [-0.05, 0) is 24.6 Å². The summed E-state index contributed by atoms with van der Waals surface area (Å²) in [6.45, 7) is 1.90. The fourth-order valence-electron chi connectivity index (χ4n) is 2.17. The number of rotatable bonds is 3. The van der Waals surface area contributed by atoms with Crippen molar-refractivity contribution in [3.63, 3.8) is 0 Å². The van der Waals surface area contributed by atoms with Crippen molar-refractivity contribution in [3.05, 3.63) is 28.4 Å². The van der Waals surface area contributed by atoms with Gasteiger partial charge in [-0.3, -0.25) is 4.79 Å². The van der Waals surface area contributed by atoms with E-state index in [2.05, 4.69) is 0 Å². The zero-order valence-electron chi connectivity index (χ0n) is 10.5. The summed E-state index contributed by atoms with van der Waals surface area (Å²) in [4.78, 5) is 10.9. The van der Waals surface area contributed by atoms with Crippen molar-refractivity contribution < 1.29 is 14.6 Å². The number of benzene rings is 1. The third kappa shape index (κ3) is 1.93. The molecule has 4 nitrogen and oxygen atoms in total. The van der Waals surface area contributed by atoms with Crippen LogP contribution in [0.15, 0.2) is 12.1 Å². The van der Waals surface area contributed by atoms with Gasteiger partial charge in [-0.1, -0.05) is 11.6 Å². The molecule has 1 aromatic carbocycles. The van der Waals surface area contributed by atoms with Gasteiger partial charge in [0, 0.05) is 18.1 Å². The molecule has 1 heterocycles. The minimum absolute atomic E-state index is 0.00599. The van der Waals surface area contributed by atoms with Crippen LogP contribution in [0.25, 0.3) is 10.9 Å². The number of aliphatic carboxylic acids is 1. The molecule has 0 unspecified atom stereocenters. The second-order valence-electron chi connectivity index (χ2n) is 4.20. The monoisotopic (exact) mass is 267 g/mol. The van der Waals surface area contributed by atoms with Crippen LogP contribution < -0.4 is 4.74 Å². The van der Waals surface area contributed by atoms with Crippen molar-refractivity contribution in [2.24, 2.45) is 7.05 Å². The highest BCUT2D eigenvalue weighted by Crippen LogP contribution is 2.34. The van der Waals surface area contributed by atoms with Crippen LogP contribution in [0.5, 0.6) is 5.75 Å². The molecule has 0 amide bonds. The molecule has 1 aromatic heterocycles. The largest absolute Gasteiger partial charge is 0.495 e. The van der Waals surface area contributed by atoms with Gasteiger partial charge in [0.2, 0.25) is 0 Å². The van der Waals surface area contributed by atoms with Gasteiger partial charge in [-0.25, -0.2) is 0 Å². The second-order valence-corrected chi connectivity index (χ2v) is 4.60. The smallest absolute Gasteiger partial charge is 0.307 e. The summed E-state index contributed by atoms with van der Waals surface area (Å²) in [5.74, 6) is -0.291. The van der Waals surface area contributed by atoms with E-state index in [1.807, 2.05) is 18.5 Å². The van der Waals surface area contributed by atoms with E-state index >= 15 is 0 Å². The second kappa shape index (κ2) is 4.53. The summed E-state index contributed by atoms with van der Waals surface area (Å²) in [6.07, 6.45) is -0.00599. The first kappa shape index (κ1) is 12.8. The minimum atomic E-state index is -0.848. The van der Waals surface area contributed by atoms with E-state index in [-0.39, 0.29) is 6.42 Å². The molecule has 0 saturated heterocycles. The van der Waals surface area contributed by atoms with Gasteiger partial charge in [-0.15, -0.1) is 0 Å². The number of carbonyl (C=O) groups is 1. The van der Waals surface area contributed by atoms with Gasteiger partial charge in [0.15, 0.2) is 0 Å². The standard InChI is InChI=1S/C13H14ClNO3/c1-7-8(5-13(16)17)9-4-12(18-3)10(14)6-11(9)15(7)2/h4,6H,5H2,1-3H3,(H,16,17). The van der Waals surface area contributed by atoms with Crippen LogP contribution in [0, 0.1) is 6.92 Å². The summed E-state index contributed by atoms with van der Waals surface area (Å²) in [5.41, 5.74) is 2.64. The molecule has 0 aliphatic carbocycles. The van der Waals surface area contributed by atoms with Crippen molar-refractivity contribution in [3.8, 4) is 5.75 Å². The zero-order chi connectivity index (χ0) is 13.4. The number of nitrogens with zero attached hydrogens (tertiary/aromatic N) is 1. The van der Waals surface area contributed by atoms with Gasteiger partial charge < -0.3 is 14.4 Å². The topological polar surface area (TPSA) is 51.5 Å². The van der Waals surface area contributed by atoms with E-state index in [0.29, 0.717) is 10.8 Å². The van der Waals surface area contributed by atoms with Gasteiger partial charge in [0.25, 0.3) is 0 Å². The molecule has 2 rings (SSSR count). The molecular weight excluding hydrogens is 254 g/mol. The molecule has 5 heteroatoms. The predicted octanol–water partition coefficient (Wildman–Crippen LogP) is 2.78. The molecule has 0 radical (unpaired) electrons. The highest BCUT2D eigenvalue weighted by atomic mass is 35.5. The number of aromatic nitrogens is 1. The zero-order valence-corrected chi connectivity index (χ0v) is 11.2. The number of carboxylic acids is 1. The van der Waals surface area contributed by atoms with Crippen LogP contribution in [-0.2, 0) is 18.3 Å². The van der Waals surface area contributed by atoms with Crippen LogP contribution in [0.4, 0.5) is 0 Å². The Bertz CT molecular complexity index is 631. The predicted molar refractivity (Wildman–Crippen MR) is 70.6 cm³/mol. The number of aryl methyl sites for hydroxylation is 1. The lowest BCUT2D eigenvalue weighted by Gasteiger charge is -2.04. The van der Waals surface area contributed by atoms with Crippen LogP contribution in [-0.4, -0.2) is 22.8 Å². The van der Waals surface area contributed by atoms with E-state index in [9.17, 15) is 4.79 Å². The molecule has 0 spiro atoms. The quantitative estimate of drug-likeness (QED) is 0.930. The van der Waals surface area contributed by atoms with E-state index in [1.54, 1.807) is 19.2 Å². The molecule has 0 aliphatic rings. The van der Waals surface area contributed by atoms with Crippen molar-refractivity contribution in [1.29, 1.82) is 0 Å². The maximum Gasteiger partial charge on any atom is 0.307 e. The Hall–Kier alpha value is -1.68. The van der Waals surface area contributed by atoms with Crippen LogP contribution in [0.3, 0.4) is 0 Å². The number of ether oxygens (including phenoxy) is 1. The molecule has 1 N–H and O–H groups in total.